The van der Waals surface area contributed by atoms with Crippen LogP contribution in [0.15, 0.2) is 48.5 Å². The first-order chi connectivity index (χ1) is 13.2. The van der Waals surface area contributed by atoms with Crippen molar-refractivity contribution in [2.24, 2.45) is 5.92 Å². The predicted molar refractivity (Wildman–Crippen MR) is 103 cm³/mol. The summed E-state index contributed by atoms with van der Waals surface area (Å²) in [6.07, 6.45) is 2.11. The molecule has 0 saturated heterocycles. The van der Waals surface area contributed by atoms with Gasteiger partial charge in [-0.25, -0.2) is 0 Å². The van der Waals surface area contributed by atoms with Gasteiger partial charge in [-0.1, -0.05) is 36.4 Å². The van der Waals surface area contributed by atoms with Crippen LogP contribution in [0.5, 0.6) is 11.5 Å². The fourth-order valence-corrected chi connectivity index (χ4v) is 3.62. The highest BCUT2D eigenvalue weighted by Crippen LogP contribution is 2.34. The van der Waals surface area contributed by atoms with Crippen molar-refractivity contribution in [3.05, 3.63) is 59.7 Å². The van der Waals surface area contributed by atoms with Crippen LogP contribution < -0.4 is 9.47 Å². The third-order valence-corrected chi connectivity index (χ3v) is 5.14. The van der Waals surface area contributed by atoms with Gasteiger partial charge >= 0.3 is 0 Å². The molecular weight excluding hydrogens is 342 g/mol. The fourth-order valence-electron chi connectivity index (χ4n) is 3.62. The normalized spacial score (nSPS) is 19.3. The predicted octanol–water partition coefficient (Wildman–Crippen LogP) is 3.54. The van der Waals surface area contributed by atoms with Gasteiger partial charge in [0.2, 0.25) is 0 Å². The Morgan fingerprint density at radius 3 is 2.52 bits per heavy atom. The number of fused-ring (bicyclic) bond motifs is 1. The van der Waals surface area contributed by atoms with E-state index in [9.17, 15) is 9.59 Å². The van der Waals surface area contributed by atoms with Crippen molar-refractivity contribution in [2.75, 3.05) is 27.3 Å². The molecule has 0 aromatic heterocycles. The number of likely N-dealkylation sites (N-methyl/N-ethyl adjacent to an activating group) is 1. The Labute approximate surface area is 159 Å². The molecule has 0 N–H and O–H groups in total. The number of benzene rings is 2. The SMILES string of the molecule is COc1ccccc1OCCN(C)C1CCC(C=O)C(=O)c2ccccc21. The number of Topliss-reactive ketones (excluding diaryl/α,β-unsaturated/α-hetero) is 1. The van der Waals surface area contributed by atoms with Gasteiger partial charge in [0.25, 0.3) is 0 Å². The molecule has 0 radical (unpaired) electrons. The number of carbonyl (C=O) groups excluding carboxylic acids is 2. The van der Waals surface area contributed by atoms with Gasteiger partial charge in [-0.15, -0.1) is 0 Å². The van der Waals surface area contributed by atoms with E-state index in [4.69, 9.17) is 9.47 Å². The van der Waals surface area contributed by atoms with Crippen molar-refractivity contribution < 1.29 is 19.1 Å². The Bertz CT molecular complexity index is 804. The molecule has 142 valence electrons. The van der Waals surface area contributed by atoms with Gasteiger partial charge in [-0.05, 0) is 37.6 Å². The summed E-state index contributed by atoms with van der Waals surface area (Å²) in [4.78, 5) is 26.1. The number of aldehydes is 1. The van der Waals surface area contributed by atoms with Gasteiger partial charge < -0.3 is 14.3 Å². The maximum absolute atomic E-state index is 12.6. The van der Waals surface area contributed by atoms with E-state index in [-0.39, 0.29) is 11.8 Å². The molecule has 0 aliphatic heterocycles. The highest BCUT2D eigenvalue weighted by molar-refractivity contribution is 6.06. The van der Waals surface area contributed by atoms with Gasteiger partial charge in [0.05, 0.1) is 13.0 Å². The Balaban J connectivity index is 1.70. The van der Waals surface area contributed by atoms with E-state index in [2.05, 4.69) is 4.90 Å². The number of rotatable bonds is 7. The lowest BCUT2D eigenvalue weighted by atomic mass is 9.96. The molecular formula is C22H25NO4. The topological polar surface area (TPSA) is 55.8 Å². The van der Waals surface area contributed by atoms with Crippen LogP contribution in [0.1, 0.15) is 34.8 Å². The van der Waals surface area contributed by atoms with Gasteiger partial charge in [0, 0.05) is 18.2 Å². The fraction of sp³-hybridized carbons (Fsp3) is 0.364. The van der Waals surface area contributed by atoms with Crippen LogP contribution in [0, 0.1) is 5.92 Å². The van der Waals surface area contributed by atoms with Crippen LogP contribution in [0.3, 0.4) is 0 Å². The third kappa shape index (κ3) is 4.19. The molecule has 1 aliphatic rings. The lowest BCUT2D eigenvalue weighted by molar-refractivity contribution is -0.110. The number of ketones is 1. The maximum Gasteiger partial charge on any atom is 0.173 e. The van der Waals surface area contributed by atoms with E-state index in [0.717, 1.165) is 18.3 Å². The summed E-state index contributed by atoms with van der Waals surface area (Å²) < 4.78 is 11.2. The third-order valence-electron chi connectivity index (χ3n) is 5.14. The Morgan fingerprint density at radius 1 is 1.07 bits per heavy atom. The summed E-state index contributed by atoms with van der Waals surface area (Å²) in [5.41, 5.74) is 1.65. The van der Waals surface area contributed by atoms with Gasteiger partial charge in [0.15, 0.2) is 17.3 Å². The number of para-hydroxylation sites is 2. The average molecular weight is 367 g/mol. The average Bonchev–Trinajstić information content (AvgIpc) is 2.85. The van der Waals surface area contributed by atoms with E-state index in [1.165, 1.54) is 0 Å². The van der Waals surface area contributed by atoms with Crippen LogP contribution in [0.2, 0.25) is 0 Å². The molecule has 0 bridgehead atoms. The van der Waals surface area contributed by atoms with Crippen molar-refractivity contribution in [3.8, 4) is 11.5 Å². The molecule has 27 heavy (non-hydrogen) atoms. The number of ether oxygens (including phenoxy) is 2. The van der Waals surface area contributed by atoms with Crippen LogP contribution in [0.25, 0.3) is 0 Å². The second-order valence-corrected chi connectivity index (χ2v) is 6.77. The monoisotopic (exact) mass is 367 g/mol. The van der Waals surface area contributed by atoms with Crippen molar-refractivity contribution in [3.63, 3.8) is 0 Å². The quantitative estimate of drug-likeness (QED) is 0.426. The Kier molecular flexibility index (Phi) is 6.24. The maximum atomic E-state index is 12.6. The first-order valence-electron chi connectivity index (χ1n) is 9.20. The molecule has 0 saturated carbocycles. The van der Waals surface area contributed by atoms with Crippen LogP contribution in [0.4, 0.5) is 0 Å². The molecule has 0 spiro atoms. The lowest BCUT2D eigenvalue weighted by Gasteiger charge is -2.28. The zero-order valence-electron chi connectivity index (χ0n) is 15.8. The van der Waals surface area contributed by atoms with Crippen molar-refractivity contribution >= 4 is 12.1 Å². The molecule has 5 nitrogen and oxygen atoms in total. The summed E-state index contributed by atoms with van der Waals surface area (Å²) in [7, 11) is 3.65. The zero-order valence-corrected chi connectivity index (χ0v) is 15.8. The van der Waals surface area contributed by atoms with E-state index in [1.807, 2.05) is 55.6 Å². The highest BCUT2D eigenvalue weighted by Gasteiger charge is 2.31. The highest BCUT2D eigenvalue weighted by atomic mass is 16.5. The first kappa shape index (κ1) is 19.1. The molecule has 2 aromatic rings. The Morgan fingerprint density at radius 2 is 1.78 bits per heavy atom. The second-order valence-electron chi connectivity index (χ2n) is 6.77. The minimum atomic E-state index is -0.547. The molecule has 0 fully saturated rings. The summed E-state index contributed by atoms with van der Waals surface area (Å²) in [5.74, 6) is 0.807. The minimum absolute atomic E-state index is 0.0678. The summed E-state index contributed by atoms with van der Waals surface area (Å²) in [5, 5.41) is 0. The summed E-state index contributed by atoms with van der Waals surface area (Å²) in [6, 6.07) is 15.3. The van der Waals surface area contributed by atoms with Crippen LogP contribution in [-0.2, 0) is 4.79 Å². The van der Waals surface area contributed by atoms with E-state index >= 15 is 0 Å². The van der Waals surface area contributed by atoms with Crippen LogP contribution >= 0.6 is 0 Å². The number of methoxy groups -OCH3 is 1. The second kappa shape index (κ2) is 8.82. The molecule has 2 atom stereocenters. The molecule has 1 aliphatic carbocycles. The van der Waals surface area contributed by atoms with Crippen molar-refractivity contribution in [2.45, 2.75) is 18.9 Å². The molecule has 0 amide bonds. The standard InChI is InChI=1S/C22H25NO4/c1-23(13-14-27-21-10-6-5-9-20(21)26-2)19-12-11-16(15-24)22(25)18-8-4-3-7-17(18)19/h3-10,15-16,19H,11-14H2,1-2H3. The van der Waals surface area contributed by atoms with E-state index in [1.54, 1.807) is 7.11 Å². The minimum Gasteiger partial charge on any atom is -0.493 e. The number of nitrogens with zero attached hydrogens (tertiary/aromatic N) is 1. The smallest absolute Gasteiger partial charge is 0.173 e. The number of hydrogen-bond donors (Lipinski definition) is 0. The van der Waals surface area contributed by atoms with E-state index < -0.39 is 5.92 Å². The van der Waals surface area contributed by atoms with Gasteiger partial charge in [-0.2, -0.15) is 0 Å². The Hall–Kier alpha value is -2.66. The van der Waals surface area contributed by atoms with Crippen LogP contribution in [-0.4, -0.2) is 44.3 Å². The van der Waals surface area contributed by atoms with Crippen molar-refractivity contribution in [1.29, 1.82) is 0 Å². The number of carbonyl (C=O) groups is 2. The number of hydrogen-bond acceptors (Lipinski definition) is 5. The molecule has 5 heteroatoms. The molecule has 2 aromatic carbocycles. The lowest BCUT2D eigenvalue weighted by Crippen LogP contribution is -2.29. The van der Waals surface area contributed by atoms with Crippen molar-refractivity contribution in [1.82, 2.24) is 4.90 Å². The molecule has 0 heterocycles. The summed E-state index contributed by atoms with van der Waals surface area (Å²) in [6.45, 7) is 1.19. The summed E-state index contributed by atoms with van der Waals surface area (Å²) >= 11 is 0. The largest absolute Gasteiger partial charge is 0.493 e. The zero-order chi connectivity index (χ0) is 19.2. The molecule has 3 rings (SSSR count). The first-order valence-corrected chi connectivity index (χ1v) is 9.20. The van der Waals surface area contributed by atoms with Gasteiger partial charge in [-0.3, -0.25) is 9.69 Å². The van der Waals surface area contributed by atoms with Gasteiger partial charge in [0.1, 0.15) is 12.9 Å². The molecule has 2 unspecified atom stereocenters. The van der Waals surface area contributed by atoms with E-state index in [0.29, 0.717) is 36.6 Å².